The van der Waals surface area contributed by atoms with E-state index >= 15 is 0 Å². The lowest BCUT2D eigenvalue weighted by Crippen LogP contribution is -2.22. The molecule has 1 heterocycles. The second kappa shape index (κ2) is 5.33. The predicted octanol–water partition coefficient (Wildman–Crippen LogP) is 4.51. The molecule has 19 heavy (non-hydrogen) atoms. The molecule has 0 radical (unpaired) electrons. The fourth-order valence-corrected chi connectivity index (χ4v) is 4.08. The Bertz CT molecular complexity index is 603. The molecule has 2 aromatic rings. The molecule has 2 nitrogen and oxygen atoms in total. The molecular weight excluding hydrogens is 252 g/mol. The second-order valence-corrected chi connectivity index (χ2v) is 6.54. The topological polar surface area (TPSA) is 28.8 Å². The smallest absolute Gasteiger partial charge is 0.182 e. The van der Waals surface area contributed by atoms with Crippen molar-refractivity contribution < 1.29 is 0 Å². The summed E-state index contributed by atoms with van der Waals surface area (Å²) in [5.74, 6) is 0. The molecule has 1 N–H and O–H groups in total. The van der Waals surface area contributed by atoms with E-state index in [1.54, 1.807) is 11.3 Å². The molecular formula is C16H20N2S. The SMILES string of the molecule is Cc1sc(=N)n(C2CCCCC2)c1-c1ccccc1. The van der Waals surface area contributed by atoms with Gasteiger partial charge in [0.15, 0.2) is 4.80 Å². The van der Waals surface area contributed by atoms with Crippen molar-refractivity contribution in [2.75, 3.05) is 0 Å². The van der Waals surface area contributed by atoms with Gasteiger partial charge in [-0.2, -0.15) is 0 Å². The Labute approximate surface area is 118 Å². The quantitative estimate of drug-likeness (QED) is 0.833. The Morgan fingerprint density at radius 2 is 1.79 bits per heavy atom. The Kier molecular flexibility index (Phi) is 3.56. The van der Waals surface area contributed by atoms with E-state index in [1.807, 2.05) is 0 Å². The first-order valence-electron chi connectivity index (χ1n) is 7.09. The third-order valence-electron chi connectivity index (χ3n) is 4.03. The molecule has 0 amide bonds. The van der Waals surface area contributed by atoms with Crippen LogP contribution in [0.1, 0.15) is 43.0 Å². The zero-order valence-electron chi connectivity index (χ0n) is 11.4. The third kappa shape index (κ3) is 2.39. The van der Waals surface area contributed by atoms with Gasteiger partial charge in [-0.05, 0) is 25.3 Å². The number of hydrogen-bond donors (Lipinski definition) is 1. The zero-order chi connectivity index (χ0) is 13.2. The zero-order valence-corrected chi connectivity index (χ0v) is 12.2. The number of aromatic nitrogens is 1. The van der Waals surface area contributed by atoms with Crippen LogP contribution < -0.4 is 4.80 Å². The van der Waals surface area contributed by atoms with E-state index in [4.69, 9.17) is 5.41 Å². The van der Waals surface area contributed by atoms with Gasteiger partial charge in [-0.3, -0.25) is 5.41 Å². The van der Waals surface area contributed by atoms with Crippen LogP contribution in [0.3, 0.4) is 0 Å². The number of aryl methyl sites for hydroxylation is 1. The molecule has 100 valence electrons. The van der Waals surface area contributed by atoms with Gasteiger partial charge in [-0.1, -0.05) is 49.6 Å². The van der Waals surface area contributed by atoms with E-state index in [9.17, 15) is 0 Å². The summed E-state index contributed by atoms with van der Waals surface area (Å²) in [6.07, 6.45) is 6.42. The van der Waals surface area contributed by atoms with Gasteiger partial charge < -0.3 is 4.57 Å². The highest BCUT2D eigenvalue weighted by molar-refractivity contribution is 7.09. The molecule has 1 aliphatic rings. The Balaban J connectivity index is 2.11. The summed E-state index contributed by atoms with van der Waals surface area (Å²) < 4.78 is 2.29. The number of rotatable bonds is 2. The molecule has 0 unspecified atom stereocenters. The van der Waals surface area contributed by atoms with E-state index in [-0.39, 0.29) is 0 Å². The summed E-state index contributed by atoms with van der Waals surface area (Å²) in [5, 5.41) is 8.30. The van der Waals surface area contributed by atoms with E-state index in [2.05, 4.69) is 41.8 Å². The maximum atomic E-state index is 8.30. The number of thiazole rings is 1. The summed E-state index contributed by atoms with van der Waals surface area (Å²) in [6.45, 7) is 2.14. The van der Waals surface area contributed by atoms with Crippen molar-refractivity contribution >= 4 is 11.3 Å². The van der Waals surface area contributed by atoms with Gasteiger partial charge in [0.1, 0.15) is 0 Å². The lowest BCUT2D eigenvalue weighted by atomic mass is 9.94. The van der Waals surface area contributed by atoms with Crippen molar-refractivity contribution in [3.8, 4) is 11.3 Å². The van der Waals surface area contributed by atoms with E-state index in [0.29, 0.717) is 10.8 Å². The van der Waals surface area contributed by atoms with Crippen molar-refractivity contribution in [3.05, 3.63) is 40.0 Å². The third-order valence-corrected chi connectivity index (χ3v) is 4.92. The largest absolute Gasteiger partial charge is 0.314 e. The van der Waals surface area contributed by atoms with Crippen LogP contribution >= 0.6 is 11.3 Å². The minimum absolute atomic E-state index is 0.529. The van der Waals surface area contributed by atoms with Crippen LogP contribution in [0.5, 0.6) is 0 Å². The fraction of sp³-hybridized carbons (Fsp3) is 0.438. The lowest BCUT2D eigenvalue weighted by molar-refractivity contribution is 0.349. The van der Waals surface area contributed by atoms with E-state index in [0.717, 1.165) is 0 Å². The van der Waals surface area contributed by atoms with Crippen LogP contribution in [-0.2, 0) is 0 Å². The molecule has 0 spiro atoms. The monoisotopic (exact) mass is 272 g/mol. The Morgan fingerprint density at radius 1 is 1.11 bits per heavy atom. The van der Waals surface area contributed by atoms with E-state index < -0.39 is 0 Å². The van der Waals surface area contributed by atoms with Crippen molar-refractivity contribution in [1.82, 2.24) is 4.57 Å². The summed E-state index contributed by atoms with van der Waals surface area (Å²) in [4.78, 5) is 1.98. The molecule has 1 aliphatic carbocycles. The molecule has 0 aliphatic heterocycles. The highest BCUT2D eigenvalue weighted by atomic mass is 32.1. The fourth-order valence-electron chi connectivity index (χ4n) is 3.14. The normalized spacial score (nSPS) is 16.7. The average molecular weight is 272 g/mol. The first kappa shape index (κ1) is 12.7. The molecule has 1 fully saturated rings. The molecule has 0 atom stereocenters. The molecule has 0 saturated heterocycles. The summed E-state index contributed by atoms with van der Waals surface area (Å²) in [7, 11) is 0. The van der Waals surface area contributed by atoms with Crippen LogP contribution in [-0.4, -0.2) is 4.57 Å². The summed E-state index contributed by atoms with van der Waals surface area (Å²) in [5.41, 5.74) is 2.52. The minimum Gasteiger partial charge on any atom is -0.314 e. The molecule has 3 heteroatoms. The maximum absolute atomic E-state index is 8.30. The first-order chi connectivity index (χ1) is 9.27. The van der Waals surface area contributed by atoms with Gasteiger partial charge in [0, 0.05) is 10.9 Å². The van der Waals surface area contributed by atoms with Gasteiger partial charge in [0.2, 0.25) is 0 Å². The van der Waals surface area contributed by atoms with Crippen LogP contribution in [0.25, 0.3) is 11.3 Å². The van der Waals surface area contributed by atoms with Gasteiger partial charge >= 0.3 is 0 Å². The van der Waals surface area contributed by atoms with Gasteiger partial charge in [0.05, 0.1) is 5.69 Å². The van der Waals surface area contributed by atoms with Crippen LogP contribution in [0.4, 0.5) is 0 Å². The van der Waals surface area contributed by atoms with Crippen molar-refractivity contribution in [2.45, 2.75) is 45.1 Å². The lowest BCUT2D eigenvalue weighted by Gasteiger charge is -2.25. The molecule has 1 aromatic heterocycles. The molecule has 1 saturated carbocycles. The van der Waals surface area contributed by atoms with Crippen molar-refractivity contribution in [3.63, 3.8) is 0 Å². The maximum Gasteiger partial charge on any atom is 0.182 e. The molecule has 0 bridgehead atoms. The number of nitrogens with zero attached hydrogens (tertiary/aromatic N) is 1. The van der Waals surface area contributed by atoms with Crippen molar-refractivity contribution in [1.29, 1.82) is 5.41 Å². The van der Waals surface area contributed by atoms with Crippen LogP contribution in [0.15, 0.2) is 30.3 Å². The highest BCUT2D eigenvalue weighted by Crippen LogP contribution is 2.34. The van der Waals surface area contributed by atoms with Crippen LogP contribution in [0.2, 0.25) is 0 Å². The average Bonchev–Trinajstić information content (AvgIpc) is 2.75. The van der Waals surface area contributed by atoms with Gasteiger partial charge in [-0.25, -0.2) is 0 Å². The first-order valence-corrected chi connectivity index (χ1v) is 7.91. The standard InChI is InChI=1S/C16H20N2S/c1-12-15(13-8-4-2-5-9-13)18(16(17)19-12)14-10-6-3-7-11-14/h2,4-5,8-9,14,17H,3,6-7,10-11H2,1H3. The summed E-state index contributed by atoms with van der Waals surface area (Å²) in [6, 6.07) is 11.1. The summed E-state index contributed by atoms with van der Waals surface area (Å²) >= 11 is 1.61. The number of benzene rings is 1. The van der Waals surface area contributed by atoms with Gasteiger partial charge in [-0.15, -0.1) is 11.3 Å². The Morgan fingerprint density at radius 3 is 2.47 bits per heavy atom. The van der Waals surface area contributed by atoms with E-state index in [1.165, 1.54) is 48.2 Å². The second-order valence-electron chi connectivity index (χ2n) is 5.34. The van der Waals surface area contributed by atoms with Gasteiger partial charge in [0.25, 0.3) is 0 Å². The minimum atomic E-state index is 0.529. The van der Waals surface area contributed by atoms with Crippen molar-refractivity contribution in [2.24, 2.45) is 0 Å². The molecule has 1 aromatic carbocycles. The predicted molar refractivity (Wildman–Crippen MR) is 80.5 cm³/mol. The molecule has 3 rings (SSSR count). The number of nitrogens with one attached hydrogen (secondary N) is 1. The Hall–Kier alpha value is -1.35. The van der Waals surface area contributed by atoms with Crippen LogP contribution in [0, 0.1) is 12.3 Å². The highest BCUT2D eigenvalue weighted by Gasteiger charge is 2.21. The number of hydrogen-bond acceptors (Lipinski definition) is 2.